The first kappa shape index (κ1) is 21.8. The molecule has 166 valence electrons. The summed E-state index contributed by atoms with van der Waals surface area (Å²) in [4.78, 5) is 32.0. The average molecular weight is 541 g/mol. The summed E-state index contributed by atoms with van der Waals surface area (Å²) in [7, 11) is 1.33. The van der Waals surface area contributed by atoms with E-state index >= 15 is 0 Å². The van der Waals surface area contributed by atoms with Crippen LogP contribution in [0, 0.1) is 0 Å². The fourth-order valence-corrected chi connectivity index (χ4v) is 6.01. The van der Waals surface area contributed by atoms with Crippen LogP contribution < -0.4 is 14.9 Å². The number of thiophene rings is 1. The molecule has 0 N–H and O–H groups in total. The number of esters is 1. The Morgan fingerprint density at radius 1 is 1.24 bits per heavy atom. The van der Waals surface area contributed by atoms with E-state index in [4.69, 9.17) is 9.15 Å². The Bertz CT molecular complexity index is 1570. The van der Waals surface area contributed by atoms with Crippen LogP contribution in [0.25, 0.3) is 17.4 Å². The van der Waals surface area contributed by atoms with Crippen molar-refractivity contribution in [2.24, 2.45) is 4.99 Å². The van der Waals surface area contributed by atoms with Gasteiger partial charge in [0.25, 0.3) is 5.56 Å². The molecule has 0 saturated carbocycles. The Kier molecular flexibility index (Phi) is 5.77. The molecular weight excluding hydrogens is 524 g/mol. The zero-order chi connectivity index (χ0) is 23.1. The first-order valence-corrected chi connectivity index (χ1v) is 12.4. The molecule has 9 heteroatoms. The first-order valence-electron chi connectivity index (χ1n) is 9.96. The van der Waals surface area contributed by atoms with E-state index < -0.39 is 12.0 Å². The lowest BCUT2D eigenvalue weighted by atomic mass is 10.0. The molecule has 4 heterocycles. The number of methoxy groups -OCH3 is 1. The second-order valence-electron chi connectivity index (χ2n) is 7.30. The van der Waals surface area contributed by atoms with Gasteiger partial charge in [-0.25, -0.2) is 9.79 Å². The van der Waals surface area contributed by atoms with E-state index in [1.54, 1.807) is 17.6 Å². The zero-order valence-corrected chi connectivity index (χ0v) is 20.8. The normalized spacial score (nSPS) is 16.0. The minimum atomic E-state index is -0.579. The van der Waals surface area contributed by atoms with Crippen molar-refractivity contribution in [1.29, 1.82) is 0 Å². The zero-order valence-electron chi connectivity index (χ0n) is 17.6. The van der Waals surface area contributed by atoms with Crippen molar-refractivity contribution < 1.29 is 13.9 Å². The Balaban J connectivity index is 1.63. The second kappa shape index (κ2) is 8.74. The summed E-state index contributed by atoms with van der Waals surface area (Å²) in [6, 6.07) is 14.7. The number of fused-ring (bicyclic) bond motifs is 1. The predicted molar refractivity (Wildman–Crippen MR) is 132 cm³/mol. The number of halogens is 1. The van der Waals surface area contributed by atoms with Crippen LogP contribution in [-0.4, -0.2) is 17.6 Å². The van der Waals surface area contributed by atoms with Crippen molar-refractivity contribution in [3.63, 3.8) is 0 Å². The van der Waals surface area contributed by atoms with Gasteiger partial charge in [0, 0.05) is 21.0 Å². The minimum Gasteiger partial charge on any atom is -0.466 e. The first-order chi connectivity index (χ1) is 16.0. The molecule has 0 aliphatic carbocycles. The fourth-order valence-electron chi connectivity index (χ4n) is 3.77. The van der Waals surface area contributed by atoms with Crippen molar-refractivity contribution in [2.75, 3.05) is 7.11 Å². The number of aromatic nitrogens is 1. The highest BCUT2D eigenvalue weighted by Gasteiger charge is 2.33. The summed E-state index contributed by atoms with van der Waals surface area (Å²) in [5.41, 5.74) is 1.62. The van der Waals surface area contributed by atoms with Gasteiger partial charge in [-0.05, 0) is 42.6 Å². The third-order valence-electron chi connectivity index (χ3n) is 5.25. The second-order valence-corrected chi connectivity index (χ2v) is 10.2. The molecule has 0 amide bonds. The fraction of sp³-hybridized carbons (Fsp3) is 0.125. The molecule has 4 aromatic rings. The number of nitrogens with zero attached hydrogens (tertiary/aromatic N) is 2. The van der Waals surface area contributed by atoms with Gasteiger partial charge in [-0.2, -0.15) is 0 Å². The van der Waals surface area contributed by atoms with E-state index in [9.17, 15) is 9.59 Å². The van der Waals surface area contributed by atoms with Crippen molar-refractivity contribution in [2.45, 2.75) is 13.0 Å². The summed E-state index contributed by atoms with van der Waals surface area (Å²) in [6.07, 6.45) is 1.72. The summed E-state index contributed by atoms with van der Waals surface area (Å²) in [5, 5.41) is 1.92. The smallest absolute Gasteiger partial charge is 0.338 e. The summed E-state index contributed by atoms with van der Waals surface area (Å²) in [6.45, 7) is 1.76. The molecular formula is C24H17BrN2O4S2. The quantitative estimate of drug-likeness (QED) is 0.357. The molecule has 1 aliphatic rings. The topological polar surface area (TPSA) is 73.8 Å². The van der Waals surface area contributed by atoms with Gasteiger partial charge in [-0.1, -0.05) is 45.5 Å². The molecule has 0 bridgehead atoms. The van der Waals surface area contributed by atoms with Gasteiger partial charge in [0.2, 0.25) is 0 Å². The number of carbonyl (C=O) groups is 1. The van der Waals surface area contributed by atoms with Crippen LogP contribution in [0.3, 0.4) is 0 Å². The molecule has 1 aromatic carbocycles. The highest BCUT2D eigenvalue weighted by molar-refractivity contribution is 9.10. The standard InChI is InChI=1S/C24H17BrN2O4S2/c1-13-20(23(29)30-2)21(18-7-4-10-32-18)27-22(28)19(33-24(27)26-13)12-16-8-9-17(31-16)14-5-3-6-15(25)11-14/h3-12,21H,1-2H3. The van der Waals surface area contributed by atoms with Gasteiger partial charge in [0.15, 0.2) is 4.80 Å². The molecule has 1 aliphatic heterocycles. The van der Waals surface area contributed by atoms with E-state index in [0.717, 1.165) is 14.9 Å². The molecule has 5 rings (SSSR count). The molecule has 0 spiro atoms. The Labute approximate surface area is 204 Å². The number of furan rings is 1. The van der Waals surface area contributed by atoms with Crippen LogP contribution in [0.1, 0.15) is 23.6 Å². The van der Waals surface area contributed by atoms with Crippen LogP contribution in [0.15, 0.2) is 83.9 Å². The molecule has 0 radical (unpaired) electrons. The highest BCUT2D eigenvalue weighted by atomic mass is 79.9. The van der Waals surface area contributed by atoms with Crippen LogP contribution >= 0.6 is 38.6 Å². The molecule has 3 aromatic heterocycles. The SMILES string of the molecule is COC(=O)C1=C(C)N=c2sc(=Cc3ccc(-c4cccc(Br)c4)o3)c(=O)n2C1c1cccs1. The van der Waals surface area contributed by atoms with E-state index in [1.807, 2.05) is 53.9 Å². The Hall–Kier alpha value is -3.01. The highest BCUT2D eigenvalue weighted by Crippen LogP contribution is 2.33. The number of allylic oxidation sites excluding steroid dienone is 1. The maximum Gasteiger partial charge on any atom is 0.338 e. The van der Waals surface area contributed by atoms with Crippen molar-refractivity contribution >= 4 is 50.6 Å². The number of hydrogen-bond acceptors (Lipinski definition) is 7. The Morgan fingerprint density at radius 3 is 2.82 bits per heavy atom. The summed E-state index contributed by atoms with van der Waals surface area (Å²) >= 11 is 6.22. The third-order valence-corrected chi connectivity index (χ3v) is 7.65. The number of ether oxygens (including phenoxy) is 1. The van der Waals surface area contributed by atoms with E-state index in [0.29, 0.717) is 32.1 Å². The lowest BCUT2D eigenvalue weighted by Crippen LogP contribution is -2.39. The van der Waals surface area contributed by atoms with Crippen LogP contribution in [-0.2, 0) is 9.53 Å². The van der Waals surface area contributed by atoms with Gasteiger partial charge in [0.05, 0.1) is 22.9 Å². The molecule has 6 nitrogen and oxygen atoms in total. The predicted octanol–water partition coefficient (Wildman–Crippen LogP) is 4.49. The number of hydrogen-bond donors (Lipinski definition) is 0. The third kappa shape index (κ3) is 3.96. The molecule has 0 saturated heterocycles. The minimum absolute atomic E-state index is 0.230. The van der Waals surface area contributed by atoms with Crippen molar-refractivity contribution in [3.05, 3.63) is 100.0 Å². The monoisotopic (exact) mass is 540 g/mol. The lowest BCUT2D eigenvalue weighted by molar-refractivity contribution is -0.136. The number of benzene rings is 1. The number of carbonyl (C=O) groups excluding carboxylic acids is 1. The van der Waals surface area contributed by atoms with Gasteiger partial charge in [0.1, 0.15) is 17.6 Å². The molecule has 0 fully saturated rings. The van der Waals surface area contributed by atoms with Gasteiger partial charge in [-0.3, -0.25) is 9.36 Å². The van der Waals surface area contributed by atoms with Crippen LogP contribution in [0.4, 0.5) is 0 Å². The number of rotatable bonds is 4. The summed E-state index contributed by atoms with van der Waals surface area (Å²) in [5.74, 6) is 0.774. The average Bonchev–Trinajstić information content (AvgIpc) is 3.55. The molecule has 1 atom stereocenters. The maximum atomic E-state index is 13.5. The van der Waals surface area contributed by atoms with Crippen LogP contribution in [0.2, 0.25) is 0 Å². The lowest BCUT2D eigenvalue weighted by Gasteiger charge is -2.22. The van der Waals surface area contributed by atoms with Gasteiger partial charge in [-0.15, -0.1) is 11.3 Å². The Morgan fingerprint density at radius 2 is 2.09 bits per heavy atom. The van der Waals surface area contributed by atoms with Crippen molar-refractivity contribution in [3.8, 4) is 11.3 Å². The molecule has 33 heavy (non-hydrogen) atoms. The summed E-state index contributed by atoms with van der Waals surface area (Å²) < 4.78 is 14.0. The van der Waals surface area contributed by atoms with E-state index in [-0.39, 0.29) is 5.56 Å². The van der Waals surface area contributed by atoms with Gasteiger partial charge >= 0.3 is 5.97 Å². The molecule has 1 unspecified atom stereocenters. The van der Waals surface area contributed by atoms with Gasteiger partial charge < -0.3 is 9.15 Å². The van der Waals surface area contributed by atoms with E-state index in [2.05, 4.69) is 20.9 Å². The largest absolute Gasteiger partial charge is 0.466 e. The van der Waals surface area contributed by atoms with E-state index in [1.165, 1.54) is 29.8 Å². The van der Waals surface area contributed by atoms with Crippen molar-refractivity contribution in [1.82, 2.24) is 4.57 Å². The number of thiazole rings is 1. The maximum absolute atomic E-state index is 13.5. The van der Waals surface area contributed by atoms with Crippen LogP contribution in [0.5, 0.6) is 0 Å².